The van der Waals surface area contributed by atoms with Crippen LogP contribution >= 0.6 is 7.82 Å². The summed E-state index contributed by atoms with van der Waals surface area (Å²) in [6.07, 6.45) is 0. The molecule has 0 aromatic heterocycles. The van der Waals surface area contributed by atoms with E-state index in [2.05, 4.69) is 15.6 Å². The lowest BCUT2D eigenvalue weighted by molar-refractivity contribution is -0.870. The molecule has 0 spiro atoms. The van der Waals surface area contributed by atoms with Crippen molar-refractivity contribution in [1.82, 2.24) is 0 Å². The highest BCUT2D eigenvalue weighted by molar-refractivity contribution is 7.47. The van der Waals surface area contributed by atoms with Crippen molar-refractivity contribution in [2.24, 2.45) is 0 Å². The Labute approximate surface area is 119 Å². The molecule has 0 aromatic carbocycles. The Balaban J connectivity index is 0. The van der Waals surface area contributed by atoms with Crippen LogP contribution in [-0.4, -0.2) is 68.0 Å². The van der Waals surface area contributed by atoms with E-state index in [4.69, 9.17) is 10.00 Å². The van der Waals surface area contributed by atoms with Gasteiger partial charge in [-0.2, -0.15) is 0 Å². The number of phosphoric ester groups is 1. The van der Waals surface area contributed by atoms with Gasteiger partial charge in [0.05, 0.1) is 40.3 Å². The summed E-state index contributed by atoms with van der Waals surface area (Å²) in [6, 6.07) is 0. The molecule has 9 heteroatoms. The van der Waals surface area contributed by atoms with E-state index >= 15 is 0 Å². The minimum Gasteiger partial charge on any atom is -0.545 e. The number of aliphatic hydroxyl groups excluding tert-OH is 1. The molecular weight excluding hydrogens is 289 g/mol. The first kappa shape index (κ1) is 21.5. The number of carboxylic acids is 1. The molecule has 2 N–H and O–H groups in total. The molecule has 1 atom stereocenters. The van der Waals surface area contributed by atoms with Crippen molar-refractivity contribution in [3.63, 3.8) is 0 Å². The fourth-order valence-corrected chi connectivity index (χ4v) is 1.32. The molecule has 0 aliphatic heterocycles. The van der Waals surface area contributed by atoms with Gasteiger partial charge < -0.3 is 24.4 Å². The van der Waals surface area contributed by atoms with Crippen LogP contribution in [0.3, 0.4) is 0 Å². The molecule has 0 rings (SSSR count). The largest absolute Gasteiger partial charge is 0.545 e. The molecule has 0 bridgehead atoms. The zero-order valence-electron chi connectivity index (χ0n) is 12.4. The second kappa shape index (κ2) is 10.0. The van der Waals surface area contributed by atoms with Crippen molar-refractivity contribution in [3.05, 3.63) is 12.2 Å². The number of carbonyl (C=O) groups excluding carboxylic acids is 1. The average molecular weight is 313 g/mol. The van der Waals surface area contributed by atoms with Gasteiger partial charge in [-0.1, -0.05) is 6.58 Å². The molecule has 0 aromatic rings. The number of phosphoric acid groups is 1. The van der Waals surface area contributed by atoms with Gasteiger partial charge in [-0.25, -0.2) is 4.57 Å². The predicted octanol–water partition coefficient (Wildman–Crippen LogP) is -0.869. The number of aliphatic carboxylic acids is 1. The van der Waals surface area contributed by atoms with Gasteiger partial charge >= 0.3 is 7.82 Å². The Kier molecular flexibility index (Phi) is 10.8. The van der Waals surface area contributed by atoms with Crippen LogP contribution < -0.4 is 5.11 Å². The zero-order chi connectivity index (χ0) is 16.4. The molecule has 0 heterocycles. The summed E-state index contributed by atoms with van der Waals surface area (Å²) in [7, 11) is 1.87. The molecule has 0 saturated carbocycles. The number of nitrogens with zero attached hydrogens (tertiary/aromatic N) is 1. The van der Waals surface area contributed by atoms with Crippen molar-refractivity contribution in [3.8, 4) is 0 Å². The van der Waals surface area contributed by atoms with Gasteiger partial charge in [-0.05, 0) is 12.5 Å². The van der Waals surface area contributed by atoms with Gasteiger partial charge in [-0.15, -0.1) is 0 Å². The molecule has 120 valence electrons. The van der Waals surface area contributed by atoms with Crippen molar-refractivity contribution in [2.75, 3.05) is 47.5 Å². The number of carboxylic acid groups (broad SMARTS) is 1. The van der Waals surface area contributed by atoms with Gasteiger partial charge in [0.15, 0.2) is 0 Å². The highest BCUT2D eigenvalue weighted by atomic mass is 31.2. The molecule has 0 amide bonds. The number of aliphatic hydroxyl groups is 1. The van der Waals surface area contributed by atoms with E-state index in [-0.39, 0.29) is 25.4 Å². The first-order valence-corrected chi connectivity index (χ1v) is 7.31. The Bertz CT molecular complexity index is 339. The highest BCUT2D eigenvalue weighted by Crippen LogP contribution is 2.42. The van der Waals surface area contributed by atoms with Gasteiger partial charge in [0.25, 0.3) is 0 Å². The lowest BCUT2D eigenvalue weighted by atomic mass is 10.4. The number of hydrogen-bond acceptors (Lipinski definition) is 6. The molecule has 20 heavy (non-hydrogen) atoms. The van der Waals surface area contributed by atoms with E-state index in [0.29, 0.717) is 11.0 Å². The van der Waals surface area contributed by atoms with Crippen LogP contribution in [0.5, 0.6) is 0 Å². The van der Waals surface area contributed by atoms with E-state index in [0.717, 1.165) is 0 Å². The maximum absolute atomic E-state index is 11.1. The maximum atomic E-state index is 11.1. The minimum absolute atomic E-state index is 0.0648. The quantitative estimate of drug-likeness (QED) is 0.340. The fourth-order valence-electron chi connectivity index (χ4n) is 0.623. The Morgan fingerprint density at radius 3 is 2.00 bits per heavy atom. The summed E-state index contributed by atoms with van der Waals surface area (Å²) < 4.78 is 20.8. The van der Waals surface area contributed by atoms with E-state index < -0.39 is 13.8 Å². The monoisotopic (exact) mass is 313 g/mol. The van der Waals surface area contributed by atoms with Crippen LogP contribution in [0.15, 0.2) is 12.2 Å². The van der Waals surface area contributed by atoms with E-state index in [1.54, 1.807) is 0 Å². The third-order valence-electron chi connectivity index (χ3n) is 1.71. The Hall–Kier alpha value is -0.760. The SMILES string of the molecule is C=C(C)C(=O)[O-].C[N+](C)(C)CCOP(=O)(O)OCCO. The summed E-state index contributed by atoms with van der Waals surface area (Å²) in [5.74, 6) is -1.19. The lowest BCUT2D eigenvalue weighted by Gasteiger charge is -2.23. The molecule has 0 aliphatic rings. The second-order valence-electron chi connectivity index (χ2n) is 4.94. The first-order valence-electron chi connectivity index (χ1n) is 5.81. The first-order chi connectivity index (χ1) is 8.91. The molecule has 0 aliphatic carbocycles. The third-order valence-corrected chi connectivity index (χ3v) is 2.73. The van der Waals surface area contributed by atoms with Crippen LogP contribution in [0.1, 0.15) is 6.92 Å². The fraction of sp³-hybridized carbons (Fsp3) is 0.727. The second-order valence-corrected chi connectivity index (χ2v) is 6.39. The summed E-state index contributed by atoms with van der Waals surface area (Å²) in [5, 5.41) is 17.9. The Morgan fingerprint density at radius 1 is 1.30 bits per heavy atom. The molecule has 0 fully saturated rings. The van der Waals surface area contributed by atoms with Crippen LogP contribution in [0.4, 0.5) is 0 Å². The standard InChI is InChI=1S/C7H18NO5P.C4H6O2/c1-8(2,3)4-6-12-14(10,11)13-7-5-9;1-3(2)4(5)6/h9H,4-7H2,1-3H3;1H2,2H3,(H,5,6). The zero-order valence-corrected chi connectivity index (χ0v) is 13.3. The smallest absolute Gasteiger partial charge is 0.472 e. The van der Waals surface area contributed by atoms with Gasteiger partial charge in [0, 0.05) is 0 Å². The van der Waals surface area contributed by atoms with Crippen molar-refractivity contribution in [2.45, 2.75) is 6.92 Å². The molecule has 0 radical (unpaired) electrons. The molecule has 0 saturated heterocycles. The van der Waals surface area contributed by atoms with Crippen LogP contribution in [0, 0.1) is 0 Å². The predicted molar refractivity (Wildman–Crippen MR) is 71.5 cm³/mol. The van der Waals surface area contributed by atoms with Crippen LogP contribution in [0.25, 0.3) is 0 Å². The summed E-state index contributed by atoms with van der Waals surface area (Å²) in [5.41, 5.74) is 0.0648. The third kappa shape index (κ3) is 17.2. The van der Waals surface area contributed by atoms with Gasteiger partial charge in [-0.3, -0.25) is 9.05 Å². The number of quaternary nitrogens is 1. The van der Waals surface area contributed by atoms with E-state index in [1.165, 1.54) is 6.92 Å². The number of carbonyl (C=O) groups is 1. The van der Waals surface area contributed by atoms with E-state index in [1.807, 2.05) is 21.1 Å². The number of hydrogen-bond donors (Lipinski definition) is 2. The summed E-state index contributed by atoms with van der Waals surface area (Å²) in [4.78, 5) is 18.5. The Morgan fingerprint density at radius 2 is 1.70 bits per heavy atom. The van der Waals surface area contributed by atoms with Gasteiger partial charge in [0.1, 0.15) is 13.2 Å². The number of likely N-dealkylation sites (N-methyl/N-ethyl adjacent to an activating group) is 1. The van der Waals surface area contributed by atoms with Crippen molar-refractivity contribution < 1.29 is 38.0 Å². The van der Waals surface area contributed by atoms with Gasteiger partial charge in [0.2, 0.25) is 0 Å². The number of rotatable bonds is 8. The van der Waals surface area contributed by atoms with E-state index in [9.17, 15) is 14.5 Å². The minimum atomic E-state index is -3.97. The van der Waals surface area contributed by atoms with Crippen LogP contribution in [-0.2, 0) is 18.4 Å². The van der Waals surface area contributed by atoms with Crippen molar-refractivity contribution in [1.29, 1.82) is 0 Å². The topological polar surface area (TPSA) is 116 Å². The highest BCUT2D eigenvalue weighted by Gasteiger charge is 2.21. The van der Waals surface area contributed by atoms with Crippen LogP contribution in [0.2, 0.25) is 0 Å². The van der Waals surface area contributed by atoms with Crippen molar-refractivity contribution >= 4 is 13.8 Å². The molecule has 8 nitrogen and oxygen atoms in total. The molecular formula is C11H24NO7P. The summed E-state index contributed by atoms with van der Waals surface area (Å²) >= 11 is 0. The maximum Gasteiger partial charge on any atom is 0.472 e. The normalized spacial score (nSPS) is 13.9. The summed E-state index contributed by atoms with van der Waals surface area (Å²) in [6.45, 7) is 4.72. The lowest BCUT2D eigenvalue weighted by Crippen LogP contribution is -2.37. The average Bonchev–Trinajstić information content (AvgIpc) is 2.25. The molecule has 1 unspecified atom stereocenters.